The van der Waals surface area contributed by atoms with Gasteiger partial charge in [-0.1, -0.05) is 53.7 Å². The van der Waals surface area contributed by atoms with Gasteiger partial charge in [0.25, 0.3) is 0 Å². The number of fused-ring (bicyclic) bond motifs is 8. The summed E-state index contributed by atoms with van der Waals surface area (Å²) in [7, 11) is 0. The number of pyridine rings is 2. The van der Waals surface area contributed by atoms with Crippen molar-refractivity contribution in [3.63, 3.8) is 0 Å². The Labute approximate surface area is 492 Å². The van der Waals surface area contributed by atoms with Crippen LogP contribution in [-0.4, -0.2) is 79.8 Å². The Balaban J connectivity index is 0.000000200. The highest BCUT2D eigenvalue weighted by atomic mass is 127. The summed E-state index contributed by atoms with van der Waals surface area (Å²) in [6.07, 6.45) is 5.79. The van der Waals surface area contributed by atoms with Crippen LogP contribution in [-0.2, 0) is 23.8 Å². The number of halogens is 2. The topological polar surface area (TPSA) is 244 Å². The van der Waals surface area contributed by atoms with Gasteiger partial charge in [-0.3, -0.25) is 19.6 Å². The van der Waals surface area contributed by atoms with Gasteiger partial charge in [-0.2, -0.15) is 0 Å². The fraction of sp³-hybridized carbons (Fsp3) is 0.540. The van der Waals surface area contributed by atoms with E-state index < -0.39 is 98.1 Å². The van der Waals surface area contributed by atoms with Gasteiger partial charge in [0.1, 0.15) is 57.3 Å². The van der Waals surface area contributed by atoms with Crippen molar-refractivity contribution in [2.24, 2.45) is 57.2 Å². The minimum atomic E-state index is -1.34. The molecule has 4 aliphatic carbocycles. The number of nitrogens with zero attached hydrogens (tertiary/aromatic N) is 2. The number of carbonyl (C=O) groups is 3. The summed E-state index contributed by atoms with van der Waals surface area (Å²) in [5, 5.41) is 35.5. The number of ether oxygens (including phenoxy) is 5. The predicted molar refractivity (Wildman–Crippen MR) is 307 cm³/mol. The lowest BCUT2D eigenvalue weighted by Gasteiger charge is -2.66. The smallest absolute Gasteiger partial charge is 0.345 e. The van der Waals surface area contributed by atoms with E-state index in [1.165, 1.54) is 32.0 Å². The Morgan fingerprint density at radius 2 is 1.11 bits per heavy atom. The van der Waals surface area contributed by atoms with E-state index in [9.17, 15) is 43.7 Å². The molecular weight excluding hydrogens is 1170 g/mol. The molecule has 19 heteroatoms. The molecular formula is C63H74FIN2O15. The van der Waals surface area contributed by atoms with E-state index in [2.05, 4.69) is 51.5 Å². The summed E-state index contributed by atoms with van der Waals surface area (Å²) in [6.45, 7) is 19.4. The van der Waals surface area contributed by atoms with Gasteiger partial charge in [0.05, 0.1) is 37.1 Å². The molecule has 0 amide bonds. The number of hydrogen-bond acceptors (Lipinski definition) is 17. The third-order valence-electron chi connectivity index (χ3n) is 20.7. The molecule has 0 bridgehead atoms. The molecule has 16 atom stereocenters. The molecule has 5 aromatic rings. The first-order chi connectivity index (χ1) is 38.2. The molecule has 6 aliphatic rings. The summed E-state index contributed by atoms with van der Waals surface area (Å²) < 4.78 is 56.5. The first-order valence-electron chi connectivity index (χ1n) is 28.0. The average Bonchev–Trinajstić information content (AvgIpc) is 0.763. The van der Waals surface area contributed by atoms with E-state index in [0.717, 1.165) is 19.3 Å². The minimum Gasteiger partial charge on any atom is -0.484 e. The van der Waals surface area contributed by atoms with Crippen LogP contribution < -0.4 is 20.7 Å². The number of aliphatic hydroxyl groups is 3. The van der Waals surface area contributed by atoms with Crippen molar-refractivity contribution in [3.05, 3.63) is 129 Å². The van der Waals surface area contributed by atoms with Crippen LogP contribution in [0.15, 0.2) is 104 Å². The van der Waals surface area contributed by atoms with Gasteiger partial charge in [0.15, 0.2) is 0 Å². The number of hydrogen-bond donors (Lipinski definition) is 3. The number of aliphatic hydroxyl groups excluding tert-OH is 3. The van der Waals surface area contributed by atoms with Crippen molar-refractivity contribution in [1.29, 1.82) is 0 Å². The Kier molecular flexibility index (Phi) is 16.4. The monoisotopic (exact) mass is 1240 g/mol. The first-order valence-corrected chi connectivity index (χ1v) is 28.0. The zero-order valence-corrected chi connectivity index (χ0v) is 50.3. The van der Waals surface area contributed by atoms with Gasteiger partial charge in [-0.15, -0.1) is 24.0 Å². The van der Waals surface area contributed by atoms with Crippen molar-refractivity contribution < 1.29 is 66.6 Å². The highest BCUT2D eigenvalue weighted by Crippen LogP contribution is 2.70. The second-order valence-electron chi connectivity index (χ2n) is 25.2. The van der Waals surface area contributed by atoms with Crippen LogP contribution in [0.1, 0.15) is 141 Å². The Morgan fingerprint density at radius 1 is 0.659 bits per heavy atom. The number of rotatable bonds is 8. The standard InChI is InChI=1S/C35H38FNO8.C28H35NO7.HI/c1-19-12-13-33(3)26(34(19,4)18-42-20(2)38)16-27(44-31(40)22-10-6-7-11-23(22)36)35(5)30(33)29(39)28-25(45-35)15-24(43-32(28)41)21-9-8-14-37-17-21;1-15-8-9-26(3)20(27(15,4)14-34-16(2)30)12-21(31)28(5)24(26)23(32)22-19(36-28)11-18(35-25(22)33)17-7-6-10-29-13-17;/h6-11,14-15,17,19,26-27,29-30,39H,12-13,16,18H2,1-5H3;6-7,10-11,13,15,20-21,23-24,31-32H,8-9,12,14H2,1-5H3;1H/t19-,26?,27-,29-,30?,33-,34-,35+;15-,20?,21-,23-,24?,26-,27-,28+;/m00./s1. The van der Waals surface area contributed by atoms with E-state index in [1.54, 1.807) is 74.2 Å². The number of carbonyl (C=O) groups excluding carboxylic acids is 3. The maximum atomic E-state index is 14.7. The second kappa shape index (κ2) is 22.2. The summed E-state index contributed by atoms with van der Waals surface area (Å²) in [6, 6.07) is 15.7. The highest BCUT2D eigenvalue weighted by molar-refractivity contribution is 14.0. The first kappa shape index (κ1) is 60.6. The number of benzene rings is 1. The van der Waals surface area contributed by atoms with Gasteiger partial charge < -0.3 is 47.8 Å². The molecule has 4 saturated carbocycles. The summed E-state index contributed by atoms with van der Waals surface area (Å²) in [5.74, 6) is -2.74. The Hall–Kier alpha value is -6.03. The lowest BCUT2D eigenvalue weighted by atomic mass is 9.41. The van der Waals surface area contributed by atoms with Crippen LogP contribution in [0.2, 0.25) is 0 Å². The zero-order chi connectivity index (χ0) is 58.4. The zero-order valence-electron chi connectivity index (χ0n) is 47.9. The molecule has 4 unspecified atom stereocenters. The average molecular weight is 1250 g/mol. The largest absolute Gasteiger partial charge is 0.484 e. The molecule has 1 aromatic carbocycles. The SMILES string of the molecule is CC(=O)OC[C@]1(C)C2C[C@H](O)[C@@]3(C)Oc4cc(-c5cccnc5)oc(=O)c4[C@H](O)C3[C@@]2(C)CC[C@@H]1C.CC(=O)OC[C@]1(C)C2C[C@H](OC(=O)c3ccccc3F)[C@@]3(C)Oc4cc(-c5cccnc5)oc(=O)c4[C@H](O)C3[C@@]2(C)CC[C@@H]1C.I. The Bertz CT molecular complexity index is 3360. The van der Waals surface area contributed by atoms with Crippen LogP contribution in [0, 0.1) is 63.0 Å². The van der Waals surface area contributed by atoms with E-state index in [4.69, 9.17) is 32.5 Å². The summed E-state index contributed by atoms with van der Waals surface area (Å²) in [4.78, 5) is 72.1. The maximum Gasteiger partial charge on any atom is 0.345 e. The molecule has 82 heavy (non-hydrogen) atoms. The molecule has 440 valence electrons. The highest BCUT2D eigenvalue weighted by Gasteiger charge is 2.71. The maximum absolute atomic E-state index is 14.7. The second-order valence-corrected chi connectivity index (χ2v) is 25.2. The molecule has 0 spiro atoms. The third-order valence-corrected chi connectivity index (χ3v) is 20.7. The van der Waals surface area contributed by atoms with Crippen molar-refractivity contribution in [3.8, 4) is 34.1 Å². The molecule has 4 fully saturated rings. The molecule has 11 rings (SSSR count). The molecule has 17 nitrogen and oxygen atoms in total. The van der Waals surface area contributed by atoms with Crippen LogP contribution in [0.25, 0.3) is 22.6 Å². The van der Waals surface area contributed by atoms with Gasteiger partial charge in [-0.25, -0.2) is 18.8 Å². The number of esters is 3. The quantitative estimate of drug-likeness (QED) is 0.0743. The molecule has 4 aromatic heterocycles. The van der Waals surface area contributed by atoms with Crippen LogP contribution in [0.5, 0.6) is 11.5 Å². The molecule has 3 N–H and O–H groups in total. The van der Waals surface area contributed by atoms with E-state index in [0.29, 0.717) is 30.4 Å². The van der Waals surface area contributed by atoms with Crippen LogP contribution in [0.3, 0.4) is 0 Å². The van der Waals surface area contributed by atoms with Crippen LogP contribution in [0.4, 0.5) is 4.39 Å². The lowest BCUT2D eigenvalue weighted by molar-refractivity contribution is -0.257. The fourth-order valence-corrected chi connectivity index (χ4v) is 16.1. The van der Waals surface area contributed by atoms with E-state index in [1.807, 2.05) is 6.92 Å². The van der Waals surface area contributed by atoms with Gasteiger partial charge in [0.2, 0.25) is 0 Å². The number of aromatic nitrogens is 2. The van der Waals surface area contributed by atoms with Crippen molar-refractivity contribution in [1.82, 2.24) is 9.97 Å². The lowest BCUT2D eigenvalue weighted by Crippen LogP contribution is -2.70. The van der Waals surface area contributed by atoms with E-state index in [-0.39, 0.29) is 107 Å². The summed E-state index contributed by atoms with van der Waals surface area (Å²) in [5.41, 5.74) is -4.96. The molecule has 2 aliphatic heterocycles. The summed E-state index contributed by atoms with van der Waals surface area (Å²) >= 11 is 0. The normalized spacial score (nSPS) is 35.6. The molecule has 0 radical (unpaired) electrons. The molecule has 6 heterocycles. The van der Waals surface area contributed by atoms with Crippen molar-refractivity contribution in [2.45, 2.75) is 143 Å². The fourth-order valence-electron chi connectivity index (χ4n) is 16.1. The van der Waals surface area contributed by atoms with Gasteiger partial charge in [-0.05, 0) is 123 Å². The van der Waals surface area contributed by atoms with Crippen molar-refractivity contribution >= 4 is 41.9 Å². The van der Waals surface area contributed by atoms with Gasteiger partial charge >= 0.3 is 29.2 Å². The third kappa shape index (κ3) is 9.95. The van der Waals surface area contributed by atoms with Gasteiger partial charge in [0, 0.05) is 84.6 Å². The minimum absolute atomic E-state index is 0. The van der Waals surface area contributed by atoms with Crippen molar-refractivity contribution in [2.75, 3.05) is 13.2 Å². The predicted octanol–water partition coefficient (Wildman–Crippen LogP) is 10.4. The Morgan fingerprint density at radius 3 is 1.56 bits per heavy atom. The molecule has 0 saturated heterocycles. The van der Waals surface area contributed by atoms with Crippen LogP contribution >= 0.6 is 24.0 Å². The van der Waals surface area contributed by atoms with E-state index >= 15 is 0 Å².